The minimum Gasteiger partial charge on any atom is -0.480 e. The highest BCUT2D eigenvalue weighted by molar-refractivity contribution is 6.02. The van der Waals surface area contributed by atoms with Crippen molar-refractivity contribution in [2.45, 2.75) is 19.4 Å². The van der Waals surface area contributed by atoms with Crippen molar-refractivity contribution in [2.75, 3.05) is 5.32 Å². The molecule has 0 aliphatic carbocycles. The van der Waals surface area contributed by atoms with Crippen LogP contribution in [0.1, 0.15) is 13.8 Å². The zero-order valence-electron chi connectivity index (χ0n) is 11.2. The van der Waals surface area contributed by atoms with Gasteiger partial charge in [-0.25, -0.2) is 9.59 Å². The Bertz CT molecular complexity index is 662. The molecule has 6 nitrogen and oxygen atoms in total. The number of hydrogen-bond donors (Lipinski definition) is 3. The molecule has 104 valence electrons. The molecule has 2 aromatic rings. The van der Waals surface area contributed by atoms with E-state index in [1.807, 2.05) is 12.1 Å². The number of aromatic nitrogens is 1. The number of fused-ring (bicyclic) bond motifs is 1. The molecule has 0 unspecified atom stereocenters. The van der Waals surface area contributed by atoms with Crippen LogP contribution in [0.3, 0.4) is 0 Å². The molecule has 1 aromatic heterocycles. The number of nitrogens with zero attached hydrogens (tertiary/aromatic N) is 1. The molecule has 0 saturated carbocycles. The number of benzene rings is 1. The van der Waals surface area contributed by atoms with Crippen molar-refractivity contribution in [3.63, 3.8) is 0 Å². The van der Waals surface area contributed by atoms with Gasteiger partial charge in [0.2, 0.25) is 0 Å². The molecule has 0 saturated heterocycles. The Labute approximate surface area is 115 Å². The third-order valence-corrected chi connectivity index (χ3v) is 2.89. The van der Waals surface area contributed by atoms with Gasteiger partial charge in [-0.1, -0.05) is 12.1 Å². The predicted octanol–water partition coefficient (Wildman–Crippen LogP) is 2.22. The number of anilines is 1. The van der Waals surface area contributed by atoms with Crippen LogP contribution in [0.15, 0.2) is 36.7 Å². The Kier molecular flexibility index (Phi) is 3.56. The monoisotopic (exact) mass is 273 g/mol. The van der Waals surface area contributed by atoms with E-state index in [9.17, 15) is 9.59 Å². The van der Waals surface area contributed by atoms with E-state index in [1.54, 1.807) is 24.5 Å². The van der Waals surface area contributed by atoms with Gasteiger partial charge in [-0.3, -0.25) is 4.98 Å². The number of rotatable bonds is 3. The number of carboxylic acid groups (broad SMARTS) is 1. The maximum absolute atomic E-state index is 11.9. The molecule has 0 bridgehead atoms. The minimum absolute atomic E-state index is 0.575. The fourth-order valence-electron chi connectivity index (χ4n) is 1.71. The number of carboxylic acids is 1. The first-order valence-electron chi connectivity index (χ1n) is 6.05. The van der Waals surface area contributed by atoms with Gasteiger partial charge in [-0.2, -0.15) is 0 Å². The second-order valence-corrected chi connectivity index (χ2v) is 4.91. The summed E-state index contributed by atoms with van der Waals surface area (Å²) in [6.45, 7) is 2.83. The molecule has 0 radical (unpaired) electrons. The van der Waals surface area contributed by atoms with E-state index >= 15 is 0 Å². The summed E-state index contributed by atoms with van der Waals surface area (Å²) in [5, 5.41) is 15.7. The average Bonchev–Trinajstić information content (AvgIpc) is 2.38. The van der Waals surface area contributed by atoms with E-state index in [0.717, 1.165) is 10.8 Å². The summed E-state index contributed by atoms with van der Waals surface area (Å²) in [6.07, 6.45) is 3.31. The van der Waals surface area contributed by atoms with Crippen LogP contribution in [0, 0.1) is 0 Å². The summed E-state index contributed by atoms with van der Waals surface area (Å²) in [4.78, 5) is 26.9. The Morgan fingerprint density at radius 2 is 2.00 bits per heavy atom. The quantitative estimate of drug-likeness (QED) is 0.799. The first-order chi connectivity index (χ1) is 9.40. The molecular formula is C14H15N3O3. The zero-order chi connectivity index (χ0) is 14.8. The van der Waals surface area contributed by atoms with Gasteiger partial charge in [0.1, 0.15) is 5.54 Å². The molecule has 2 amide bonds. The Hall–Kier alpha value is -2.63. The largest absolute Gasteiger partial charge is 0.480 e. The fraction of sp³-hybridized carbons (Fsp3) is 0.214. The lowest BCUT2D eigenvalue weighted by Gasteiger charge is -2.21. The first kappa shape index (κ1) is 13.8. The minimum atomic E-state index is -1.34. The number of urea groups is 1. The fourth-order valence-corrected chi connectivity index (χ4v) is 1.71. The molecule has 0 aliphatic rings. The van der Waals surface area contributed by atoms with E-state index in [-0.39, 0.29) is 0 Å². The Balaban J connectivity index is 2.21. The van der Waals surface area contributed by atoms with E-state index in [1.165, 1.54) is 13.8 Å². The lowest BCUT2D eigenvalue weighted by molar-refractivity contribution is -0.142. The average molecular weight is 273 g/mol. The van der Waals surface area contributed by atoms with Gasteiger partial charge in [0.05, 0.1) is 5.69 Å². The second-order valence-electron chi connectivity index (χ2n) is 4.91. The van der Waals surface area contributed by atoms with E-state index in [0.29, 0.717) is 5.69 Å². The Morgan fingerprint density at radius 1 is 1.25 bits per heavy atom. The van der Waals surface area contributed by atoms with E-state index in [2.05, 4.69) is 15.6 Å². The number of amides is 2. The van der Waals surface area contributed by atoms with Crippen LogP contribution < -0.4 is 10.6 Å². The number of nitrogens with one attached hydrogen (secondary N) is 2. The molecule has 1 aromatic carbocycles. The van der Waals surface area contributed by atoms with E-state index < -0.39 is 17.5 Å². The van der Waals surface area contributed by atoms with Crippen LogP contribution in [-0.4, -0.2) is 27.6 Å². The molecule has 2 rings (SSSR count). The van der Waals surface area contributed by atoms with Crippen molar-refractivity contribution in [2.24, 2.45) is 0 Å². The lowest BCUT2D eigenvalue weighted by Crippen LogP contribution is -2.51. The highest BCUT2D eigenvalue weighted by Crippen LogP contribution is 2.21. The molecule has 20 heavy (non-hydrogen) atoms. The van der Waals surface area contributed by atoms with Gasteiger partial charge in [-0.05, 0) is 31.4 Å². The molecule has 1 heterocycles. The summed E-state index contributed by atoms with van der Waals surface area (Å²) in [5.41, 5.74) is -0.762. The predicted molar refractivity (Wildman–Crippen MR) is 75.6 cm³/mol. The van der Waals surface area contributed by atoms with Gasteiger partial charge in [0, 0.05) is 17.8 Å². The molecule has 0 aliphatic heterocycles. The standard InChI is InChI=1S/C14H15N3O3/c1-14(2,12(18)19)17-13(20)16-11-5-3-4-9-6-7-15-8-10(9)11/h3-8H,1-2H3,(H,18,19)(H2,16,17,20). The molecule has 0 spiro atoms. The van der Waals surface area contributed by atoms with Crippen molar-refractivity contribution >= 4 is 28.5 Å². The van der Waals surface area contributed by atoms with Gasteiger partial charge in [-0.15, -0.1) is 0 Å². The number of carbonyl (C=O) groups excluding carboxylic acids is 1. The second kappa shape index (κ2) is 5.16. The van der Waals surface area contributed by atoms with Gasteiger partial charge in [0.25, 0.3) is 0 Å². The third kappa shape index (κ3) is 2.85. The summed E-state index contributed by atoms with van der Waals surface area (Å²) >= 11 is 0. The smallest absolute Gasteiger partial charge is 0.328 e. The number of pyridine rings is 1. The lowest BCUT2D eigenvalue weighted by atomic mass is 10.1. The summed E-state index contributed by atoms with van der Waals surface area (Å²) in [6, 6.07) is 6.70. The molecule has 3 N–H and O–H groups in total. The van der Waals surface area contributed by atoms with Crippen molar-refractivity contribution in [3.05, 3.63) is 36.7 Å². The first-order valence-corrected chi connectivity index (χ1v) is 6.05. The summed E-state index contributed by atoms with van der Waals surface area (Å²) in [7, 11) is 0. The molecular weight excluding hydrogens is 258 g/mol. The number of carbonyl (C=O) groups is 2. The third-order valence-electron chi connectivity index (χ3n) is 2.89. The summed E-state index contributed by atoms with van der Waals surface area (Å²) < 4.78 is 0. The van der Waals surface area contributed by atoms with Crippen molar-refractivity contribution in [1.82, 2.24) is 10.3 Å². The highest BCUT2D eigenvalue weighted by atomic mass is 16.4. The maximum atomic E-state index is 11.9. The SMILES string of the molecule is CC(C)(NC(=O)Nc1cccc2ccncc12)C(=O)O. The van der Waals surface area contributed by atoms with Crippen molar-refractivity contribution in [3.8, 4) is 0 Å². The molecule has 6 heteroatoms. The highest BCUT2D eigenvalue weighted by Gasteiger charge is 2.28. The van der Waals surface area contributed by atoms with Crippen LogP contribution in [0.5, 0.6) is 0 Å². The molecule has 0 atom stereocenters. The van der Waals surface area contributed by atoms with Crippen molar-refractivity contribution in [1.29, 1.82) is 0 Å². The zero-order valence-corrected chi connectivity index (χ0v) is 11.2. The van der Waals surface area contributed by atoms with Crippen LogP contribution in [0.4, 0.5) is 10.5 Å². The van der Waals surface area contributed by atoms with E-state index in [4.69, 9.17) is 5.11 Å². The van der Waals surface area contributed by atoms with Gasteiger partial charge < -0.3 is 15.7 Å². The molecule has 0 fully saturated rings. The van der Waals surface area contributed by atoms with Gasteiger partial charge >= 0.3 is 12.0 Å². The Morgan fingerprint density at radius 3 is 2.70 bits per heavy atom. The van der Waals surface area contributed by atoms with Crippen LogP contribution in [0.2, 0.25) is 0 Å². The topological polar surface area (TPSA) is 91.3 Å². The van der Waals surface area contributed by atoms with Crippen LogP contribution >= 0.6 is 0 Å². The number of hydrogen-bond acceptors (Lipinski definition) is 3. The van der Waals surface area contributed by atoms with Crippen LogP contribution in [0.25, 0.3) is 10.8 Å². The normalized spacial score (nSPS) is 11.1. The number of aliphatic carboxylic acids is 1. The summed E-state index contributed by atoms with van der Waals surface area (Å²) in [5.74, 6) is -1.10. The van der Waals surface area contributed by atoms with Gasteiger partial charge in [0.15, 0.2) is 0 Å². The van der Waals surface area contributed by atoms with Crippen LogP contribution in [-0.2, 0) is 4.79 Å². The van der Waals surface area contributed by atoms with Crippen molar-refractivity contribution < 1.29 is 14.7 Å². The maximum Gasteiger partial charge on any atom is 0.328 e.